The van der Waals surface area contributed by atoms with Gasteiger partial charge in [0, 0.05) is 24.1 Å². The highest BCUT2D eigenvalue weighted by molar-refractivity contribution is 5.84. The first-order valence-electron chi connectivity index (χ1n) is 5.40. The molecule has 0 saturated heterocycles. The van der Waals surface area contributed by atoms with Crippen LogP contribution in [0.2, 0.25) is 0 Å². The Balaban J connectivity index is 2.80. The number of carbonyl (C=O) groups is 1. The quantitative estimate of drug-likeness (QED) is 0.840. The molecule has 1 N–H and O–H groups in total. The van der Waals surface area contributed by atoms with E-state index in [1.807, 2.05) is 19.1 Å². The third-order valence-corrected chi connectivity index (χ3v) is 2.49. The summed E-state index contributed by atoms with van der Waals surface area (Å²) in [6.07, 6.45) is 2.20. The minimum atomic E-state index is -0.299. The molecule has 2 aromatic rings. The third kappa shape index (κ3) is 2.04. The predicted octanol–water partition coefficient (Wildman–Crippen LogP) is 1.05. The Hall–Kier alpha value is -2.17. The number of nitrogens with one attached hydrogen (secondary N) is 1. The fourth-order valence-corrected chi connectivity index (χ4v) is 1.71. The van der Waals surface area contributed by atoms with E-state index in [0.29, 0.717) is 17.6 Å². The number of nitrogens with zero attached hydrogens (tertiary/aromatic N) is 2. The van der Waals surface area contributed by atoms with Crippen LogP contribution in [0.15, 0.2) is 29.2 Å². The monoisotopic (exact) mass is 231 g/mol. The maximum Gasteiger partial charge on any atom is 0.274 e. The zero-order valence-corrected chi connectivity index (χ0v) is 9.73. The summed E-state index contributed by atoms with van der Waals surface area (Å²) in [5, 5.41) is 0.831. The largest absolute Gasteiger partial charge is 0.274 e. The summed E-state index contributed by atoms with van der Waals surface area (Å²) in [5.41, 5.74) is 3.38. The third-order valence-electron chi connectivity index (χ3n) is 2.49. The Morgan fingerprint density at radius 2 is 2.29 bits per heavy atom. The molecule has 0 atom stereocenters. The number of amides is 1. The number of rotatable bonds is 2. The van der Waals surface area contributed by atoms with Gasteiger partial charge in [-0.2, -0.15) is 4.68 Å². The van der Waals surface area contributed by atoms with Crippen LogP contribution in [-0.4, -0.2) is 15.6 Å². The number of hydrogen-bond donors (Lipinski definition) is 1. The lowest BCUT2D eigenvalue weighted by Gasteiger charge is -2.10. The second-order valence-corrected chi connectivity index (χ2v) is 3.75. The molecule has 5 heteroatoms. The Morgan fingerprint density at radius 3 is 2.94 bits per heavy atom. The zero-order valence-electron chi connectivity index (χ0n) is 9.73. The van der Waals surface area contributed by atoms with Gasteiger partial charge in [-0.1, -0.05) is 6.92 Å². The van der Waals surface area contributed by atoms with Gasteiger partial charge in [0.15, 0.2) is 5.65 Å². The standard InChI is InChI=1S/C12H13N3O2/c1-3-9-7-10-5-4-6-13-11(10)15(12(9)17)14-8(2)16/h4-7H,3H2,1-2H3,(H,14,16). The fourth-order valence-electron chi connectivity index (χ4n) is 1.71. The van der Waals surface area contributed by atoms with Gasteiger partial charge in [0.2, 0.25) is 5.91 Å². The molecule has 0 aromatic carbocycles. The van der Waals surface area contributed by atoms with Crippen molar-refractivity contribution in [3.63, 3.8) is 0 Å². The van der Waals surface area contributed by atoms with Gasteiger partial charge >= 0.3 is 0 Å². The number of carbonyl (C=O) groups excluding carboxylic acids is 1. The smallest absolute Gasteiger partial charge is 0.274 e. The minimum Gasteiger partial charge on any atom is -0.274 e. The molecule has 2 rings (SSSR count). The van der Waals surface area contributed by atoms with Gasteiger partial charge in [-0.15, -0.1) is 0 Å². The van der Waals surface area contributed by atoms with Gasteiger partial charge in [-0.05, 0) is 24.6 Å². The van der Waals surface area contributed by atoms with E-state index < -0.39 is 0 Å². The Morgan fingerprint density at radius 1 is 1.53 bits per heavy atom. The van der Waals surface area contributed by atoms with E-state index in [1.165, 1.54) is 11.6 Å². The van der Waals surface area contributed by atoms with Crippen molar-refractivity contribution in [2.24, 2.45) is 0 Å². The highest BCUT2D eigenvalue weighted by Gasteiger charge is 2.09. The second-order valence-electron chi connectivity index (χ2n) is 3.75. The van der Waals surface area contributed by atoms with Crippen LogP contribution < -0.4 is 11.0 Å². The minimum absolute atomic E-state index is 0.228. The molecule has 0 bridgehead atoms. The first kappa shape index (κ1) is 11.3. The number of aromatic nitrogens is 2. The topological polar surface area (TPSA) is 64.0 Å². The molecule has 0 spiro atoms. The number of aryl methyl sites for hydroxylation is 1. The van der Waals surface area contributed by atoms with Crippen LogP contribution in [0, 0.1) is 0 Å². The van der Waals surface area contributed by atoms with E-state index >= 15 is 0 Å². The van der Waals surface area contributed by atoms with Gasteiger partial charge in [-0.3, -0.25) is 15.0 Å². The summed E-state index contributed by atoms with van der Waals surface area (Å²) in [7, 11) is 0. The summed E-state index contributed by atoms with van der Waals surface area (Å²) in [6, 6.07) is 5.46. The van der Waals surface area contributed by atoms with E-state index in [4.69, 9.17) is 0 Å². The molecule has 0 aliphatic heterocycles. The van der Waals surface area contributed by atoms with E-state index in [2.05, 4.69) is 10.4 Å². The highest BCUT2D eigenvalue weighted by Crippen LogP contribution is 2.09. The van der Waals surface area contributed by atoms with E-state index in [0.717, 1.165) is 5.39 Å². The average molecular weight is 231 g/mol. The maximum absolute atomic E-state index is 12.1. The maximum atomic E-state index is 12.1. The van der Waals surface area contributed by atoms with Gasteiger partial charge in [0.05, 0.1) is 0 Å². The van der Waals surface area contributed by atoms with Crippen molar-refractivity contribution >= 4 is 16.9 Å². The second kappa shape index (κ2) is 4.37. The SMILES string of the molecule is CCc1cc2cccnc2n(NC(C)=O)c1=O. The predicted molar refractivity (Wildman–Crippen MR) is 65.4 cm³/mol. The van der Waals surface area contributed by atoms with Crippen LogP contribution >= 0.6 is 0 Å². The van der Waals surface area contributed by atoms with Gasteiger partial charge in [0.25, 0.3) is 5.56 Å². The molecule has 2 heterocycles. The lowest BCUT2D eigenvalue weighted by atomic mass is 10.2. The van der Waals surface area contributed by atoms with E-state index in [9.17, 15) is 9.59 Å². The van der Waals surface area contributed by atoms with Crippen molar-refractivity contribution in [1.29, 1.82) is 0 Å². The van der Waals surface area contributed by atoms with Crippen LogP contribution in [0.5, 0.6) is 0 Å². The Labute approximate surface area is 98.1 Å². The molecule has 88 valence electrons. The first-order chi connectivity index (χ1) is 8.13. The summed E-state index contributed by atoms with van der Waals surface area (Å²) >= 11 is 0. The van der Waals surface area contributed by atoms with Crippen LogP contribution in [0.1, 0.15) is 19.4 Å². The van der Waals surface area contributed by atoms with Crippen molar-refractivity contribution in [2.75, 3.05) is 5.43 Å². The lowest BCUT2D eigenvalue weighted by Crippen LogP contribution is -2.34. The van der Waals surface area contributed by atoms with E-state index in [1.54, 1.807) is 12.3 Å². The summed E-state index contributed by atoms with van der Waals surface area (Å²) in [4.78, 5) is 27.3. The Kier molecular flexibility index (Phi) is 2.91. The van der Waals surface area contributed by atoms with Crippen molar-refractivity contribution in [3.8, 4) is 0 Å². The molecule has 1 amide bonds. The molecule has 0 aliphatic carbocycles. The van der Waals surface area contributed by atoms with Crippen molar-refractivity contribution < 1.29 is 4.79 Å². The molecule has 0 unspecified atom stereocenters. The van der Waals surface area contributed by atoms with Crippen molar-refractivity contribution in [2.45, 2.75) is 20.3 Å². The first-order valence-corrected chi connectivity index (χ1v) is 5.40. The fraction of sp³-hybridized carbons (Fsp3) is 0.250. The normalized spacial score (nSPS) is 10.5. The van der Waals surface area contributed by atoms with Crippen molar-refractivity contribution in [1.82, 2.24) is 9.66 Å². The van der Waals surface area contributed by atoms with E-state index in [-0.39, 0.29) is 11.5 Å². The number of pyridine rings is 2. The highest BCUT2D eigenvalue weighted by atomic mass is 16.2. The average Bonchev–Trinajstić information content (AvgIpc) is 2.32. The Bertz CT molecular complexity index is 631. The van der Waals surface area contributed by atoms with Crippen LogP contribution in [0.3, 0.4) is 0 Å². The van der Waals surface area contributed by atoms with Gasteiger partial charge < -0.3 is 0 Å². The van der Waals surface area contributed by atoms with Crippen LogP contribution in [0.4, 0.5) is 0 Å². The molecule has 0 saturated carbocycles. The van der Waals surface area contributed by atoms with Crippen LogP contribution in [-0.2, 0) is 11.2 Å². The summed E-state index contributed by atoms with van der Waals surface area (Å²) in [6.45, 7) is 3.26. The van der Waals surface area contributed by atoms with Gasteiger partial charge in [0.1, 0.15) is 0 Å². The molecule has 0 aliphatic rings. The van der Waals surface area contributed by atoms with Gasteiger partial charge in [-0.25, -0.2) is 4.98 Å². The molecule has 2 aromatic heterocycles. The molecular weight excluding hydrogens is 218 g/mol. The summed E-state index contributed by atoms with van der Waals surface area (Å²) < 4.78 is 1.20. The molecule has 0 radical (unpaired) electrons. The number of hydrogen-bond acceptors (Lipinski definition) is 3. The summed E-state index contributed by atoms with van der Waals surface area (Å²) in [5.74, 6) is -0.299. The zero-order chi connectivity index (χ0) is 12.4. The molecule has 5 nitrogen and oxygen atoms in total. The molecular formula is C12H13N3O2. The van der Waals surface area contributed by atoms with Crippen LogP contribution in [0.25, 0.3) is 11.0 Å². The van der Waals surface area contributed by atoms with Crippen molar-refractivity contribution in [3.05, 3.63) is 40.3 Å². The molecule has 0 fully saturated rings. The lowest BCUT2D eigenvalue weighted by molar-refractivity contribution is -0.115. The molecule has 17 heavy (non-hydrogen) atoms. The number of fused-ring (bicyclic) bond motifs is 1.